The molecule has 0 radical (unpaired) electrons. The largest absolute Gasteiger partial charge is 0.384 e. The molecular formula is C23H37N3O2. The summed E-state index contributed by atoms with van der Waals surface area (Å²) >= 11 is 0. The number of hydrogen-bond acceptors (Lipinski definition) is 5. The number of hydrogen-bond donors (Lipinski definition) is 2. The van der Waals surface area contributed by atoms with E-state index >= 15 is 0 Å². The molecule has 2 N–H and O–H groups in total. The number of nitrogens with zero attached hydrogens (tertiary/aromatic N) is 1. The molecule has 2 fully saturated rings. The fourth-order valence-electron chi connectivity index (χ4n) is 5.20. The monoisotopic (exact) mass is 387 g/mol. The number of piperidine rings is 1. The molecule has 3 heterocycles. The SMILES string of the molecule is CCOCCO[C@H]1CN[C@H](CCN2CCC(C3CNc4ccccc43)CC2)C1. The van der Waals surface area contributed by atoms with Gasteiger partial charge in [0.1, 0.15) is 0 Å². The summed E-state index contributed by atoms with van der Waals surface area (Å²) in [4.78, 5) is 2.68. The summed E-state index contributed by atoms with van der Waals surface area (Å²) in [6.45, 7) is 10.1. The van der Waals surface area contributed by atoms with Gasteiger partial charge in [-0.05, 0) is 69.8 Å². The third kappa shape index (κ3) is 5.07. The Bertz CT molecular complexity index is 603. The second kappa shape index (κ2) is 10.1. The van der Waals surface area contributed by atoms with Crippen molar-refractivity contribution in [2.75, 3.05) is 57.9 Å². The van der Waals surface area contributed by atoms with Gasteiger partial charge in [-0.15, -0.1) is 0 Å². The van der Waals surface area contributed by atoms with Gasteiger partial charge >= 0.3 is 0 Å². The fourth-order valence-corrected chi connectivity index (χ4v) is 5.20. The van der Waals surface area contributed by atoms with Crippen LogP contribution in [-0.2, 0) is 9.47 Å². The Morgan fingerprint density at radius 3 is 2.82 bits per heavy atom. The second-order valence-electron chi connectivity index (χ2n) is 8.57. The van der Waals surface area contributed by atoms with Crippen LogP contribution < -0.4 is 10.6 Å². The molecule has 0 spiro atoms. The maximum atomic E-state index is 5.92. The number of nitrogens with one attached hydrogen (secondary N) is 2. The van der Waals surface area contributed by atoms with Gasteiger partial charge in [-0.2, -0.15) is 0 Å². The number of benzene rings is 1. The predicted molar refractivity (Wildman–Crippen MR) is 114 cm³/mol. The number of ether oxygens (including phenoxy) is 2. The summed E-state index contributed by atoms with van der Waals surface area (Å²) in [5.74, 6) is 1.55. The molecule has 0 aromatic heterocycles. The molecule has 4 rings (SSSR count). The van der Waals surface area contributed by atoms with Crippen LogP contribution in [0.2, 0.25) is 0 Å². The van der Waals surface area contributed by atoms with Crippen molar-refractivity contribution >= 4 is 5.69 Å². The fraction of sp³-hybridized carbons (Fsp3) is 0.739. The van der Waals surface area contributed by atoms with Gasteiger partial charge in [-0.1, -0.05) is 18.2 Å². The highest BCUT2D eigenvalue weighted by Gasteiger charge is 2.32. The smallest absolute Gasteiger partial charge is 0.0715 e. The van der Waals surface area contributed by atoms with E-state index in [-0.39, 0.29) is 0 Å². The Morgan fingerprint density at radius 1 is 1.11 bits per heavy atom. The molecule has 0 amide bonds. The van der Waals surface area contributed by atoms with E-state index in [1.807, 2.05) is 6.92 Å². The van der Waals surface area contributed by atoms with E-state index in [0.717, 1.165) is 38.6 Å². The normalized spacial score (nSPS) is 28.4. The van der Waals surface area contributed by atoms with E-state index < -0.39 is 0 Å². The molecule has 0 aliphatic carbocycles. The third-order valence-electron chi connectivity index (χ3n) is 6.83. The molecule has 3 aliphatic rings. The van der Waals surface area contributed by atoms with Crippen LogP contribution in [0.5, 0.6) is 0 Å². The minimum Gasteiger partial charge on any atom is -0.384 e. The molecule has 0 bridgehead atoms. The lowest BCUT2D eigenvalue weighted by molar-refractivity contribution is 0.0150. The van der Waals surface area contributed by atoms with Gasteiger partial charge in [0.2, 0.25) is 0 Å². The summed E-state index contributed by atoms with van der Waals surface area (Å²) < 4.78 is 11.3. The highest BCUT2D eigenvalue weighted by atomic mass is 16.5. The van der Waals surface area contributed by atoms with Crippen molar-refractivity contribution in [1.82, 2.24) is 10.2 Å². The molecule has 28 heavy (non-hydrogen) atoms. The lowest BCUT2D eigenvalue weighted by Crippen LogP contribution is -2.38. The van der Waals surface area contributed by atoms with Gasteiger partial charge in [-0.3, -0.25) is 0 Å². The molecular weight excluding hydrogens is 350 g/mol. The quantitative estimate of drug-likeness (QED) is 0.638. The molecule has 1 unspecified atom stereocenters. The Labute approximate surface area is 170 Å². The lowest BCUT2D eigenvalue weighted by Gasteiger charge is -2.35. The van der Waals surface area contributed by atoms with Gasteiger partial charge in [0.05, 0.1) is 19.3 Å². The number of likely N-dealkylation sites (tertiary alicyclic amines) is 1. The number of fused-ring (bicyclic) bond motifs is 1. The molecule has 0 saturated carbocycles. The predicted octanol–water partition coefficient (Wildman–Crippen LogP) is 3.08. The van der Waals surface area contributed by atoms with E-state index in [1.165, 1.54) is 44.6 Å². The van der Waals surface area contributed by atoms with Crippen molar-refractivity contribution in [2.45, 2.75) is 50.7 Å². The molecule has 5 heteroatoms. The summed E-state index contributed by atoms with van der Waals surface area (Å²) in [6, 6.07) is 9.50. The average Bonchev–Trinajstić information content (AvgIpc) is 3.37. The van der Waals surface area contributed by atoms with Gasteiger partial charge in [0, 0.05) is 37.3 Å². The minimum absolute atomic E-state index is 0.367. The number of anilines is 1. The second-order valence-corrected chi connectivity index (χ2v) is 8.57. The molecule has 156 valence electrons. The van der Waals surface area contributed by atoms with Crippen molar-refractivity contribution < 1.29 is 9.47 Å². The Balaban J connectivity index is 1.13. The van der Waals surface area contributed by atoms with Gasteiger partial charge in [0.25, 0.3) is 0 Å². The standard InChI is InChI=1S/C23H37N3O2/c1-2-27-13-14-28-20-15-19(24-16-20)9-12-26-10-7-18(8-11-26)22-17-25-23-6-4-3-5-21(22)23/h3-6,18-20,22,24-25H,2,7-17H2,1H3/t19-,20-,22?/m1/s1. The van der Waals surface area contributed by atoms with E-state index in [4.69, 9.17) is 9.47 Å². The number of rotatable bonds is 9. The Morgan fingerprint density at radius 2 is 1.96 bits per heavy atom. The summed E-state index contributed by atoms with van der Waals surface area (Å²) in [5.41, 5.74) is 2.91. The van der Waals surface area contributed by atoms with Crippen LogP contribution in [0, 0.1) is 5.92 Å². The zero-order valence-electron chi connectivity index (χ0n) is 17.4. The minimum atomic E-state index is 0.367. The van der Waals surface area contributed by atoms with E-state index in [1.54, 1.807) is 5.56 Å². The first-order valence-electron chi connectivity index (χ1n) is 11.3. The summed E-state index contributed by atoms with van der Waals surface area (Å²) in [6.07, 6.45) is 5.42. The average molecular weight is 388 g/mol. The first kappa shape index (κ1) is 20.1. The maximum Gasteiger partial charge on any atom is 0.0715 e. The van der Waals surface area contributed by atoms with E-state index in [9.17, 15) is 0 Å². The molecule has 5 nitrogen and oxygen atoms in total. The molecule has 3 aliphatic heterocycles. The number of para-hydroxylation sites is 1. The van der Waals surface area contributed by atoms with E-state index in [2.05, 4.69) is 39.8 Å². The highest BCUT2D eigenvalue weighted by Crippen LogP contribution is 2.40. The third-order valence-corrected chi connectivity index (χ3v) is 6.83. The Kier molecular flexibility index (Phi) is 7.24. The van der Waals surface area contributed by atoms with Crippen LogP contribution >= 0.6 is 0 Å². The zero-order valence-corrected chi connectivity index (χ0v) is 17.4. The van der Waals surface area contributed by atoms with Crippen LogP contribution in [0.25, 0.3) is 0 Å². The van der Waals surface area contributed by atoms with Crippen molar-refractivity contribution in [2.24, 2.45) is 5.92 Å². The first-order chi connectivity index (χ1) is 13.8. The van der Waals surface area contributed by atoms with Crippen molar-refractivity contribution in [3.8, 4) is 0 Å². The van der Waals surface area contributed by atoms with Crippen molar-refractivity contribution in [3.05, 3.63) is 29.8 Å². The van der Waals surface area contributed by atoms with Crippen LogP contribution in [-0.4, -0.2) is 69.6 Å². The van der Waals surface area contributed by atoms with Crippen molar-refractivity contribution in [3.63, 3.8) is 0 Å². The zero-order chi connectivity index (χ0) is 19.2. The molecule has 1 aromatic rings. The first-order valence-corrected chi connectivity index (χ1v) is 11.3. The van der Waals surface area contributed by atoms with Crippen LogP contribution in [0.1, 0.15) is 44.1 Å². The highest BCUT2D eigenvalue weighted by molar-refractivity contribution is 5.57. The lowest BCUT2D eigenvalue weighted by atomic mass is 9.81. The summed E-state index contributed by atoms with van der Waals surface area (Å²) in [7, 11) is 0. The van der Waals surface area contributed by atoms with Gasteiger partial charge in [-0.25, -0.2) is 0 Å². The Hall–Kier alpha value is -1.14. The van der Waals surface area contributed by atoms with Crippen LogP contribution in [0.3, 0.4) is 0 Å². The van der Waals surface area contributed by atoms with Crippen LogP contribution in [0.4, 0.5) is 5.69 Å². The van der Waals surface area contributed by atoms with Gasteiger partial charge < -0.3 is 25.0 Å². The molecule has 2 saturated heterocycles. The van der Waals surface area contributed by atoms with Gasteiger partial charge in [0.15, 0.2) is 0 Å². The van der Waals surface area contributed by atoms with E-state index in [0.29, 0.717) is 24.7 Å². The molecule has 1 aromatic carbocycles. The van der Waals surface area contributed by atoms with Crippen molar-refractivity contribution in [1.29, 1.82) is 0 Å². The maximum absolute atomic E-state index is 5.92. The van der Waals surface area contributed by atoms with Crippen LogP contribution in [0.15, 0.2) is 24.3 Å². The summed E-state index contributed by atoms with van der Waals surface area (Å²) in [5, 5.41) is 7.26. The molecule has 3 atom stereocenters. The topological polar surface area (TPSA) is 45.8 Å².